The molecule has 2 fully saturated rings. The summed E-state index contributed by atoms with van der Waals surface area (Å²) in [5, 5.41) is 33.1. The number of phenolic OH excluding ortho intramolecular Hbond substituents is 1. The minimum Gasteiger partial charge on any atom is -0.504 e. The van der Waals surface area contributed by atoms with Gasteiger partial charge in [0.05, 0.1) is 31.2 Å². The highest BCUT2D eigenvalue weighted by Crippen LogP contribution is 2.50. The maximum absolute atomic E-state index is 13.5. The molecule has 4 rings (SSSR count). The van der Waals surface area contributed by atoms with Gasteiger partial charge >= 0.3 is 5.97 Å². The zero-order valence-electron chi connectivity index (χ0n) is 17.2. The molecule has 2 aromatic rings. The first kappa shape index (κ1) is 22.1. The van der Waals surface area contributed by atoms with Crippen molar-refractivity contribution in [1.29, 1.82) is 0 Å². The first-order valence-electron chi connectivity index (χ1n) is 9.79. The Bertz CT molecular complexity index is 1140. The van der Waals surface area contributed by atoms with Gasteiger partial charge in [-0.3, -0.25) is 19.7 Å². The average Bonchev–Trinajstić information content (AvgIpc) is 3.25. The molecule has 0 aromatic heterocycles. The highest BCUT2D eigenvalue weighted by molar-refractivity contribution is 6.32. The lowest BCUT2D eigenvalue weighted by molar-refractivity contribution is -0.150. The quantitative estimate of drug-likeness (QED) is 0.494. The fraction of sp³-hybridized carbons (Fsp3) is 0.318. The molecule has 0 aliphatic carbocycles. The number of carbonyl (C=O) groups is 3. The van der Waals surface area contributed by atoms with Gasteiger partial charge in [0.1, 0.15) is 0 Å². The van der Waals surface area contributed by atoms with E-state index in [2.05, 4.69) is 5.32 Å². The van der Waals surface area contributed by atoms with Crippen LogP contribution in [-0.2, 0) is 14.4 Å². The van der Waals surface area contributed by atoms with Crippen LogP contribution in [0.5, 0.6) is 11.5 Å². The average molecular weight is 461 g/mol. The summed E-state index contributed by atoms with van der Waals surface area (Å²) in [6.07, 6.45) is 0. The number of methoxy groups -OCH3 is 1. The second-order valence-electron chi connectivity index (χ2n) is 7.94. The Kier molecular flexibility index (Phi) is 5.36. The number of carbonyl (C=O) groups excluding carboxylic acids is 2. The molecule has 168 valence electrons. The molecular formula is C22H21ClN2O7. The molecule has 9 nitrogen and oxygen atoms in total. The number of aliphatic hydroxyl groups excluding tert-OH is 1. The van der Waals surface area contributed by atoms with Crippen molar-refractivity contribution in [2.45, 2.75) is 18.5 Å². The summed E-state index contributed by atoms with van der Waals surface area (Å²) in [6.45, 7) is 0.866. The number of aliphatic carboxylic acids is 1. The lowest BCUT2D eigenvalue weighted by atomic mass is 9.79. The molecule has 2 aliphatic heterocycles. The lowest BCUT2D eigenvalue weighted by Crippen LogP contribution is -2.58. The van der Waals surface area contributed by atoms with Crippen molar-refractivity contribution in [1.82, 2.24) is 5.32 Å². The van der Waals surface area contributed by atoms with E-state index in [9.17, 15) is 29.7 Å². The van der Waals surface area contributed by atoms with Crippen LogP contribution in [-0.4, -0.2) is 52.4 Å². The predicted octanol–water partition coefficient (Wildman–Crippen LogP) is 1.63. The van der Waals surface area contributed by atoms with Crippen LogP contribution in [0.1, 0.15) is 17.2 Å². The van der Waals surface area contributed by atoms with E-state index < -0.39 is 47.8 Å². The summed E-state index contributed by atoms with van der Waals surface area (Å²) >= 11 is 6.18. The number of ether oxygens (including phenoxy) is 1. The minimum absolute atomic E-state index is 0.122. The van der Waals surface area contributed by atoms with E-state index in [1.807, 2.05) is 0 Å². The van der Waals surface area contributed by atoms with Crippen LogP contribution in [0.15, 0.2) is 36.4 Å². The molecule has 4 unspecified atom stereocenters. The molecule has 0 bridgehead atoms. The lowest BCUT2D eigenvalue weighted by Gasteiger charge is -2.29. The van der Waals surface area contributed by atoms with E-state index in [1.54, 1.807) is 19.1 Å². The van der Waals surface area contributed by atoms with Crippen molar-refractivity contribution >= 4 is 35.1 Å². The van der Waals surface area contributed by atoms with Crippen molar-refractivity contribution in [3.05, 3.63) is 52.5 Å². The number of aromatic hydroxyl groups is 1. The fourth-order valence-corrected chi connectivity index (χ4v) is 4.74. The molecule has 2 saturated heterocycles. The van der Waals surface area contributed by atoms with Crippen LogP contribution in [0, 0.1) is 18.8 Å². The predicted molar refractivity (Wildman–Crippen MR) is 114 cm³/mol. The molecule has 2 aromatic carbocycles. The van der Waals surface area contributed by atoms with Crippen LogP contribution in [0.2, 0.25) is 5.02 Å². The van der Waals surface area contributed by atoms with Gasteiger partial charge < -0.3 is 20.1 Å². The molecule has 2 aliphatic rings. The number of halogens is 1. The van der Waals surface area contributed by atoms with E-state index in [0.717, 1.165) is 10.5 Å². The monoisotopic (exact) mass is 460 g/mol. The molecule has 4 atom stereocenters. The number of nitrogens with zero attached hydrogens (tertiary/aromatic N) is 1. The maximum Gasteiger partial charge on any atom is 0.327 e. The summed E-state index contributed by atoms with van der Waals surface area (Å²) in [6, 6.07) is 8.08. The summed E-state index contributed by atoms with van der Waals surface area (Å²) < 4.78 is 5.12. The number of aryl methyl sites for hydroxylation is 1. The minimum atomic E-state index is -2.07. The number of anilines is 1. The smallest absolute Gasteiger partial charge is 0.327 e. The number of nitrogens with one attached hydrogen (secondary N) is 1. The Hall–Kier alpha value is -3.14. The molecule has 2 heterocycles. The standard InChI is InChI=1S/C22H21ClN2O7/c1-10-3-5-12(8-13(10)23)25-19(28)16-17(20(25)29)22(9-26,21(30)31)24-18(16)11-4-6-14(27)15(7-11)32-2/h3-8,16-18,24,26-27H,9H2,1-2H3,(H,30,31). The molecule has 32 heavy (non-hydrogen) atoms. The highest BCUT2D eigenvalue weighted by Gasteiger charge is 2.68. The SMILES string of the molecule is COc1cc(C2NC(CO)(C(=O)O)C3C(=O)N(c4ccc(C)c(Cl)c4)C(=O)C23)ccc1O. The van der Waals surface area contributed by atoms with Crippen LogP contribution in [0.4, 0.5) is 5.69 Å². The molecule has 0 radical (unpaired) electrons. The molecule has 0 saturated carbocycles. The van der Waals surface area contributed by atoms with E-state index in [-0.39, 0.29) is 17.2 Å². The van der Waals surface area contributed by atoms with Gasteiger partial charge in [0.25, 0.3) is 0 Å². The zero-order valence-corrected chi connectivity index (χ0v) is 18.0. The van der Waals surface area contributed by atoms with Gasteiger partial charge in [0.15, 0.2) is 17.0 Å². The number of hydrogen-bond donors (Lipinski definition) is 4. The van der Waals surface area contributed by atoms with Gasteiger partial charge in [0, 0.05) is 11.1 Å². The Labute approximate surface area is 188 Å². The van der Waals surface area contributed by atoms with Gasteiger partial charge in [-0.05, 0) is 42.3 Å². The van der Waals surface area contributed by atoms with Gasteiger partial charge in [0.2, 0.25) is 11.8 Å². The number of benzene rings is 2. The van der Waals surface area contributed by atoms with Gasteiger partial charge in [-0.25, -0.2) is 4.90 Å². The number of rotatable bonds is 5. The normalized spacial score (nSPS) is 27.0. The Balaban J connectivity index is 1.86. The first-order valence-corrected chi connectivity index (χ1v) is 10.2. The van der Waals surface area contributed by atoms with Gasteiger partial charge in [-0.1, -0.05) is 23.7 Å². The van der Waals surface area contributed by atoms with Crippen LogP contribution in [0.25, 0.3) is 0 Å². The summed E-state index contributed by atoms with van der Waals surface area (Å²) in [7, 11) is 1.35. The Morgan fingerprint density at radius 1 is 1.22 bits per heavy atom. The Morgan fingerprint density at radius 3 is 2.53 bits per heavy atom. The number of carboxylic acid groups (broad SMARTS) is 1. The van der Waals surface area contributed by atoms with E-state index in [1.165, 1.54) is 31.4 Å². The number of fused-ring (bicyclic) bond motifs is 1. The third-order valence-corrected chi connectivity index (χ3v) is 6.67. The number of aliphatic hydroxyl groups is 1. The topological polar surface area (TPSA) is 136 Å². The third kappa shape index (κ3) is 3.04. The van der Waals surface area contributed by atoms with E-state index in [0.29, 0.717) is 10.6 Å². The highest BCUT2D eigenvalue weighted by atomic mass is 35.5. The molecule has 0 spiro atoms. The van der Waals surface area contributed by atoms with Crippen molar-refractivity contribution in [2.24, 2.45) is 11.8 Å². The van der Waals surface area contributed by atoms with Crippen molar-refractivity contribution in [2.75, 3.05) is 18.6 Å². The van der Waals surface area contributed by atoms with Crippen molar-refractivity contribution in [3.8, 4) is 11.5 Å². The second-order valence-corrected chi connectivity index (χ2v) is 8.34. The second kappa shape index (κ2) is 7.77. The Morgan fingerprint density at radius 2 is 1.94 bits per heavy atom. The number of carboxylic acids is 1. The largest absolute Gasteiger partial charge is 0.504 e. The van der Waals surface area contributed by atoms with Crippen molar-refractivity contribution < 1.29 is 34.4 Å². The number of hydrogen-bond acceptors (Lipinski definition) is 7. The zero-order chi connectivity index (χ0) is 23.4. The third-order valence-electron chi connectivity index (χ3n) is 6.26. The first-order chi connectivity index (χ1) is 15.2. The van der Waals surface area contributed by atoms with Crippen LogP contribution in [0.3, 0.4) is 0 Å². The number of imide groups is 1. The van der Waals surface area contributed by atoms with Crippen LogP contribution < -0.4 is 15.0 Å². The summed E-state index contributed by atoms with van der Waals surface area (Å²) in [5.41, 5.74) is -0.669. The summed E-state index contributed by atoms with van der Waals surface area (Å²) in [4.78, 5) is 40.1. The number of amides is 2. The summed E-state index contributed by atoms with van der Waals surface area (Å²) in [5.74, 6) is -5.28. The molecule has 10 heteroatoms. The van der Waals surface area contributed by atoms with E-state index >= 15 is 0 Å². The molecule has 2 amide bonds. The fourth-order valence-electron chi connectivity index (χ4n) is 4.56. The maximum atomic E-state index is 13.5. The molecular weight excluding hydrogens is 440 g/mol. The van der Waals surface area contributed by atoms with Gasteiger partial charge in [-0.15, -0.1) is 0 Å². The molecule has 4 N–H and O–H groups in total. The van der Waals surface area contributed by atoms with Gasteiger partial charge in [-0.2, -0.15) is 0 Å². The number of phenols is 1. The van der Waals surface area contributed by atoms with Crippen LogP contribution >= 0.6 is 11.6 Å². The van der Waals surface area contributed by atoms with Crippen molar-refractivity contribution in [3.63, 3.8) is 0 Å². The van der Waals surface area contributed by atoms with E-state index in [4.69, 9.17) is 16.3 Å².